The lowest BCUT2D eigenvalue weighted by Gasteiger charge is -2.40. The highest BCUT2D eigenvalue weighted by atomic mass is 16.5. The second-order valence-corrected chi connectivity index (χ2v) is 10.0. The molecule has 0 radical (unpaired) electrons. The maximum atomic E-state index is 13.7. The number of anilines is 1. The molecule has 3 aromatic rings. The fourth-order valence-corrected chi connectivity index (χ4v) is 4.40. The predicted molar refractivity (Wildman–Crippen MR) is 130 cm³/mol. The van der Waals surface area contributed by atoms with E-state index < -0.39 is 6.04 Å². The number of rotatable bonds is 5. The van der Waals surface area contributed by atoms with E-state index in [0.29, 0.717) is 42.4 Å². The highest BCUT2D eigenvalue weighted by Crippen LogP contribution is 2.30. The van der Waals surface area contributed by atoms with Crippen LogP contribution in [-0.4, -0.2) is 71.6 Å². The minimum atomic E-state index is -0.499. The molecule has 3 aromatic heterocycles. The van der Waals surface area contributed by atoms with Crippen LogP contribution < -0.4 is 5.32 Å². The number of imidazole rings is 1. The first-order valence-electron chi connectivity index (χ1n) is 11.8. The number of hydrogen-bond donors (Lipinski definition) is 1. The van der Waals surface area contributed by atoms with Crippen molar-refractivity contribution in [3.05, 3.63) is 24.5 Å². The maximum Gasteiger partial charge on any atom is 0.245 e. The second kappa shape index (κ2) is 9.25. The Morgan fingerprint density at radius 3 is 2.38 bits per heavy atom. The summed E-state index contributed by atoms with van der Waals surface area (Å²) in [5.74, 6) is 1.98. The molecule has 4 rings (SSSR count). The average molecular weight is 467 g/mol. The maximum absolute atomic E-state index is 13.7. The van der Waals surface area contributed by atoms with Gasteiger partial charge in [-0.25, -0.2) is 24.9 Å². The van der Waals surface area contributed by atoms with Crippen molar-refractivity contribution >= 4 is 22.9 Å². The number of fused-ring (bicyclic) bond motifs is 1. The Morgan fingerprint density at radius 2 is 1.79 bits per heavy atom. The molecule has 1 saturated heterocycles. The van der Waals surface area contributed by atoms with Crippen molar-refractivity contribution in [1.29, 1.82) is 0 Å². The van der Waals surface area contributed by atoms with Gasteiger partial charge in [-0.1, -0.05) is 20.8 Å². The molecule has 10 heteroatoms. The van der Waals surface area contributed by atoms with Crippen molar-refractivity contribution in [3.8, 4) is 11.4 Å². The third-order valence-electron chi connectivity index (χ3n) is 6.01. The lowest BCUT2D eigenvalue weighted by Crippen LogP contribution is -2.55. The number of hydrogen-bond acceptors (Lipinski definition) is 8. The quantitative estimate of drug-likeness (QED) is 0.611. The van der Waals surface area contributed by atoms with Crippen LogP contribution in [-0.2, 0) is 16.1 Å². The van der Waals surface area contributed by atoms with Crippen LogP contribution >= 0.6 is 0 Å². The first-order chi connectivity index (χ1) is 16.1. The van der Waals surface area contributed by atoms with Crippen LogP contribution in [0.4, 0.5) is 5.82 Å². The van der Waals surface area contributed by atoms with Gasteiger partial charge in [0.05, 0.1) is 17.8 Å². The zero-order valence-electron chi connectivity index (χ0n) is 21.0. The fourth-order valence-electron chi connectivity index (χ4n) is 4.40. The van der Waals surface area contributed by atoms with Crippen molar-refractivity contribution in [3.63, 3.8) is 0 Å². The SMILES string of the molecule is CCn1c(-c2cnc(C)nc2)nc2c(NC(C(=O)N3C[C@@H](C)O[C@@H](C)C3)C(C)(C)C)ncnc21. The first-order valence-corrected chi connectivity index (χ1v) is 11.8. The topological polar surface area (TPSA) is 111 Å². The number of morpholine rings is 1. The lowest BCUT2D eigenvalue weighted by atomic mass is 9.85. The van der Waals surface area contributed by atoms with Gasteiger partial charge in [-0.2, -0.15) is 0 Å². The van der Waals surface area contributed by atoms with Crippen LogP contribution in [0.2, 0.25) is 0 Å². The van der Waals surface area contributed by atoms with Gasteiger partial charge < -0.3 is 19.5 Å². The third kappa shape index (κ3) is 4.72. The number of nitrogens with zero attached hydrogens (tertiary/aromatic N) is 7. The summed E-state index contributed by atoms with van der Waals surface area (Å²) in [4.78, 5) is 38.1. The number of carbonyl (C=O) groups is 1. The molecular weight excluding hydrogens is 432 g/mol. The zero-order chi connectivity index (χ0) is 24.6. The Bertz CT molecular complexity index is 1160. The second-order valence-electron chi connectivity index (χ2n) is 10.0. The molecule has 1 unspecified atom stereocenters. The molecule has 3 atom stereocenters. The van der Waals surface area contributed by atoms with E-state index in [4.69, 9.17) is 9.72 Å². The van der Waals surface area contributed by atoms with Crippen molar-refractivity contribution in [1.82, 2.24) is 34.4 Å². The number of amides is 1. The predicted octanol–water partition coefficient (Wildman–Crippen LogP) is 3.07. The normalized spacial score (nSPS) is 19.9. The van der Waals surface area contributed by atoms with E-state index in [0.717, 1.165) is 11.4 Å². The summed E-state index contributed by atoms with van der Waals surface area (Å²) in [7, 11) is 0. The number of nitrogens with one attached hydrogen (secondary N) is 1. The van der Waals surface area contributed by atoms with Crippen molar-refractivity contribution in [2.75, 3.05) is 18.4 Å². The minimum Gasteiger partial charge on any atom is -0.372 e. The Labute approximate surface area is 200 Å². The van der Waals surface area contributed by atoms with Gasteiger partial charge >= 0.3 is 0 Å². The highest BCUT2D eigenvalue weighted by Gasteiger charge is 2.38. The molecule has 34 heavy (non-hydrogen) atoms. The molecule has 1 aliphatic heterocycles. The van der Waals surface area contributed by atoms with Crippen LogP contribution in [0.3, 0.4) is 0 Å². The van der Waals surface area contributed by atoms with Crippen molar-refractivity contribution < 1.29 is 9.53 Å². The van der Waals surface area contributed by atoms with E-state index in [1.165, 1.54) is 6.33 Å². The summed E-state index contributed by atoms with van der Waals surface area (Å²) in [5.41, 5.74) is 1.76. The zero-order valence-corrected chi connectivity index (χ0v) is 21.0. The molecule has 1 aliphatic rings. The lowest BCUT2D eigenvalue weighted by molar-refractivity contribution is -0.146. The van der Waals surface area contributed by atoms with E-state index in [1.54, 1.807) is 12.4 Å². The van der Waals surface area contributed by atoms with E-state index in [2.05, 4.69) is 25.3 Å². The fraction of sp³-hybridized carbons (Fsp3) is 0.583. The van der Waals surface area contributed by atoms with Crippen LogP contribution in [0.15, 0.2) is 18.7 Å². The van der Waals surface area contributed by atoms with E-state index in [-0.39, 0.29) is 23.5 Å². The Morgan fingerprint density at radius 1 is 1.15 bits per heavy atom. The highest BCUT2D eigenvalue weighted by molar-refractivity contribution is 5.91. The molecule has 4 heterocycles. The summed E-state index contributed by atoms with van der Waals surface area (Å²) < 4.78 is 7.84. The summed E-state index contributed by atoms with van der Waals surface area (Å²) >= 11 is 0. The van der Waals surface area contributed by atoms with Crippen LogP contribution in [0.5, 0.6) is 0 Å². The van der Waals surface area contributed by atoms with E-state index in [9.17, 15) is 4.79 Å². The van der Waals surface area contributed by atoms with Gasteiger partial charge in [0, 0.05) is 32.0 Å². The number of carbonyl (C=O) groups excluding carboxylic acids is 1. The van der Waals surface area contributed by atoms with Gasteiger partial charge in [0.1, 0.15) is 24.0 Å². The molecule has 0 aliphatic carbocycles. The molecule has 0 spiro atoms. The monoisotopic (exact) mass is 466 g/mol. The van der Waals surface area contributed by atoms with Gasteiger partial charge in [-0.15, -0.1) is 0 Å². The Balaban J connectivity index is 1.73. The van der Waals surface area contributed by atoms with Gasteiger partial charge in [0.2, 0.25) is 5.91 Å². The van der Waals surface area contributed by atoms with Gasteiger partial charge in [0.15, 0.2) is 17.0 Å². The summed E-state index contributed by atoms with van der Waals surface area (Å²) in [5, 5.41) is 3.42. The first kappa shape index (κ1) is 24.0. The summed E-state index contributed by atoms with van der Waals surface area (Å²) in [6.45, 7) is 15.8. The molecule has 1 fully saturated rings. The van der Waals surface area contributed by atoms with E-state index >= 15 is 0 Å². The number of aryl methyl sites for hydroxylation is 2. The smallest absolute Gasteiger partial charge is 0.245 e. The van der Waals surface area contributed by atoms with Gasteiger partial charge in [-0.3, -0.25) is 4.79 Å². The molecule has 1 amide bonds. The number of aromatic nitrogens is 6. The summed E-state index contributed by atoms with van der Waals surface area (Å²) in [6.07, 6.45) is 5.03. The molecular formula is C24H34N8O2. The molecule has 0 bridgehead atoms. The van der Waals surface area contributed by atoms with Crippen LogP contribution in [0, 0.1) is 12.3 Å². The Kier molecular flexibility index (Phi) is 6.53. The average Bonchev–Trinajstić information content (AvgIpc) is 3.15. The number of ether oxygens (including phenoxy) is 1. The minimum absolute atomic E-state index is 0.00128. The third-order valence-corrected chi connectivity index (χ3v) is 6.01. The molecule has 182 valence electrons. The largest absolute Gasteiger partial charge is 0.372 e. The van der Waals surface area contributed by atoms with E-state index in [1.807, 2.05) is 57.9 Å². The van der Waals surface area contributed by atoms with Crippen molar-refractivity contribution in [2.45, 2.75) is 73.3 Å². The summed E-state index contributed by atoms with van der Waals surface area (Å²) in [6, 6.07) is -0.499. The molecule has 10 nitrogen and oxygen atoms in total. The van der Waals surface area contributed by atoms with Gasteiger partial charge in [0.25, 0.3) is 0 Å². The van der Waals surface area contributed by atoms with Gasteiger partial charge in [-0.05, 0) is 33.1 Å². The van der Waals surface area contributed by atoms with Crippen LogP contribution in [0.25, 0.3) is 22.6 Å². The molecule has 0 saturated carbocycles. The standard InChI is InChI=1S/C24H34N8O2/c1-8-32-21(17-9-25-16(4)26-10-17)29-18-20(27-13-28-22(18)32)30-19(24(5,6)7)23(33)31-11-14(2)34-15(3)12-31/h9-10,13-15,19H,8,11-12H2,1-7H3,(H,27,28,30)/t14-,15+,19?. The Hall–Kier alpha value is -3.14. The molecule has 1 N–H and O–H groups in total. The van der Waals surface area contributed by atoms with Crippen LogP contribution in [0.1, 0.15) is 47.4 Å². The molecule has 0 aromatic carbocycles. The van der Waals surface area contributed by atoms with Crippen molar-refractivity contribution in [2.24, 2.45) is 5.41 Å².